The van der Waals surface area contributed by atoms with Crippen molar-refractivity contribution in [2.24, 2.45) is 0 Å². The SMILES string of the molecule is O=C1OOC(=O)C(=O)C(=O)C(=O)C(=O)OOC(=O)C(=O)C(=O)C1=O. The van der Waals surface area contributed by atoms with Crippen LogP contribution in [0.15, 0.2) is 0 Å². The standard InChI is InChI=1S/C10O14/c11-1-3(13)7(17)21-23-9(19)5(15)2(12)6(16)10(20)24-22-8(18)4(1)14. The molecule has 1 aliphatic heterocycles. The summed E-state index contributed by atoms with van der Waals surface area (Å²) >= 11 is 0. The summed E-state index contributed by atoms with van der Waals surface area (Å²) in [6.45, 7) is 0. The average Bonchev–Trinajstić information content (AvgIpc) is 2.58. The van der Waals surface area contributed by atoms with Crippen molar-refractivity contribution < 1.29 is 67.5 Å². The average molecular weight is 344 g/mol. The lowest BCUT2D eigenvalue weighted by molar-refractivity contribution is -0.255. The van der Waals surface area contributed by atoms with E-state index in [4.69, 9.17) is 0 Å². The lowest BCUT2D eigenvalue weighted by Gasteiger charge is -2.03. The predicted octanol–water partition coefficient (Wildman–Crippen LogP) is -4.58. The first-order valence-electron chi connectivity index (χ1n) is 5.19. The molecule has 1 aliphatic rings. The Hall–Kier alpha value is -4.10. The Morgan fingerprint density at radius 2 is 0.458 bits per heavy atom. The molecule has 1 saturated heterocycles. The fourth-order valence-corrected chi connectivity index (χ4v) is 0.880. The summed E-state index contributed by atoms with van der Waals surface area (Å²) in [6, 6.07) is 0. The van der Waals surface area contributed by atoms with Crippen molar-refractivity contribution in [3.8, 4) is 0 Å². The van der Waals surface area contributed by atoms with Crippen molar-refractivity contribution in [2.45, 2.75) is 0 Å². The van der Waals surface area contributed by atoms with E-state index >= 15 is 0 Å². The first-order chi connectivity index (χ1) is 11.1. The molecule has 1 rings (SSSR count). The molecule has 0 aliphatic carbocycles. The molecule has 0 N–H and O–H groups in total. The van der Waals surface area contributed by atoms with E-state index in [0.717, 1.165) is 0 Å². The number of rotatable bonds is 0. The van der Waals surface area contributed by atoms with Crippen LogP contribution in [0.1, 0.15) is 0 Å². The fraction of sp³-hybridized carbons (Fsp3) is 0. The molecule has 14 nitrogen and oxygen atoms in total. The van der Waals surface area contributed by atoms with Crippen molar-refractivity contribution in [3.63, 3.8) is 0 Å². The van der Waals surface area contributed by atoms with Crippen molar-refractivity contribution in [2.75, 3.05) is 0 Å². The van der Waals surface area contributed by atoms with Crippen LogP contribution in [0, 0.1) is 0 Å². The second-order valence-electron chi connectivity index (χ2n) is 3.46. The van der Waals surface area contributed by atoms with Gasteiger partial charge < -0.3 is 0 Å². The van der Waals surface area contributed by atoms with Crippen molar-refractivity contribution >= 4 is 58.6 Å². The van der Waals surface area contributed by atoms with Crippen LogP contribution in [0.4, 0.5) is 0 Å². The van der Waals surface area contributed by atoms with Crippen LogP contribution >= 0.6 is 0 Å². The normalized spacial score (nSPS) is 18.5. The molecule has 14 heteroatoms. The molecule has 0 bridgehead atoms. The number of ketones is 6. The van der Waals surface area contributed by atoms with Gasteiger partial charge in [0, 0.05) is 0 Å². The van der Waals surface area contributed by atoms with E-state index in [2.05, 4.69) is 19.6 Å². The van der Waals surface area contributed by atoms with E-state index in [1.165, 1.54) is 0 Å². The van der Waals surface area contributed by atoms with Gasteiger partial charge in [0.25, 0.3) is 11.6 Å². The van der Waals surface area contributed by atoms with Gasteiger partial charge in [0.05, 0.1) is 0 Å². The zero-order valence-corrected chi connectivity index (χ0v) is 10.7. The second-order valence-corrected chi connectivity index (χ2v) is 3.46. The van der Waals surface area contributed by atoms with Crippen molar-refractivity contribution in [1.29, 1.82) is 0 Å². The Labute approximate surface area is 127 Å². The van der Waals surface area contributed by atoms with Crippen LogP contribution in [0.25, 0.3) is 0 Å². The zero-order valence-electron chi connectivity index (χ0n) is 10.7. The van der Waals surface area contributed by atoms with Crippen LogP contribution in [0.5, 0.6) is 0 Å². The monoisotopic (exact) mass is 344 g/mol. The summed E-state index contributed by atoms with van der Waals surface area (Å²) in [7, 11) is 0. The Morgan fingerprint density at radius 1 is 0.292 bits per heavy atom. The van der Waals surface area contributed by atoms with Crippen LogP contribution in [0.2, 0.25) is 0 Å². The van der Waals surface area contributed by atoms with Crippen molar-refractivity contribution in [1.82, 2.24) is 0 Å². The quantitative estimate of drug-likeness (QED) is 0.299. The first-order valence-corrected chi connectivity index (χ1v) is 5.19. The molecular weight excluding hydrogens is 344 g/mol. The topological polar surface area (TPSA) is 208 Å². The van der Waals surface area contributed by atoms with Crippen LogP contribution in [0.3, 0.4) is 0 Å². The van der Waals surface area contributed by atoms with Gasteiger partial charge in [-0.1, -0.05) is 0 Å². The molecule has 0 aromatic carbocycles. The van der Waals surface area contributed by atoms with Gasteiger partial charge in [-0.3, -0.25) is 28.8 Å². The molecule has 0 aromatic rings. The van der Waals surface area contributed by atoms with E-state index in [1.54, 1.807) is 0 Å². The number of hydrogen-bond acceptors (Lipinski definition) is 14. The Morgan fingerprint density at radius 3 is 0.625 bits per heavy atom. The highest BCUT2D eigenvalue weighted by atomic mass is 17.2. The molecular formula is C10O14. The summed E-state index contributed by atoms with van der Waals surface area (Å²) in [5.41, 5.74) is 0. The summed E-state index contributed by atoms with van der Waals surface area (Å²) in [5.74, 6) is -23.3. The third kappa shape index (κ3) is 3.56. The maximum atomic E-state index is 11.1. The van der Waals surface area contributed by atoms with E-state index in [9.17, 15) is 47.9 Å². The third-order valence-electron chi connectivity index (χ3n) is 1.95. The minimum atomic E-state index is -2.34. The maximum Gasteiger partial charge on any atom is 0.430 e. The summed E-state index contributed by atoms with van der Waals surface area (Å²) in [6.07, 6.45) is 0. The molecule has 1 heterocycles. The molecule has 0 saturated carbocycles. The minimum Gasteiger partial charge on any atom is -0.281 e. The van der Waals surface area contributed by atoms with Crippen LogP contribution < -0.4 is 0 Å². The van der Waals surface area contributed by atoms with Gasteiger partial charge in [-0.2, -0.15) is 0 Å². The molecule has 0 spiro atoms. The lowest BCUT2D eigenvalue weighted by atomic mass is 10.2. The van der Waals surface area contributed by atoms with Gasteiger partial charge in [0.15, 0.2) is 0 Å². The molecule has 0 radical (unpaired) electrons. The minimum absolute atomic E-state index is 2.32. The molecule has 24 heavy (non-hydrogen) atoms. The van der Waals surface area contributed by atoms with Crippen LogP contribution in [-0.4, -0.2) is 58.6 Å². The van der Waals surface area contributed by atoms with Gasteiger partial charge in [-0.15, -0.1) is 0 Å². The lowest BCUT2D eigenvalue weighted by Crippen LogP contribution is -2.41. The van der Waals surface area contributed by atoms with Gasteiger partial charge >= 0.3 is 47.0 Å². The summed E-state index contributed by atoms with van der Waals surface area (Å²) in [4.78, 5) is 124. The predicted molar refractivity (Wildman–Crippen MR) is 54.4 cm³/mol. The third-order valence-corrected chi connectivity index (χ3v) is 1.95. The van der Waals surface area contributed by atoms with Gasteiger partial charge in [-0.05, 0) is 0 Å². The number of carbonyl (C=O) groups excluding carboxylic acids is 10. The largest absolute Gasteiger partial charge is 0.430 e. The molecule has 1 fully saturated rings. The van der Waals surface area contributed by atoms with Crippen LogP contribution in [-0.2, 0) is 67.5 Å². The molecule has 124 valence electrons. The van der Waals surface area contributed by atoms with Gasteiger partial charge in [0.2, 0.25) is 0 Å². The van der Waals surface area contributed by atoms with E-state index in [-0.39, 0.29) is 0 Å². The van der Waals surface area contributed by atoms with E-state index in [0.29, 0.717) is 0 Å². The first kappa shape index (κ1) is 18.0. The highest BCUT2D eigenvalue weighted by Crippen LogP contribution is 1.97. The molecule has 0 atom stereocenters. The van der Waals surface area contributed by atoms with Gasteiger partial charge in [0.1, 0.15) is 0 Å². The number of carbonyl (C=O) groups is 10. The highest BCUT2D eigenvalue weighted by molar-refractivity contribution is 6.86. The molecule has 0 unspecified atom stereocenters. The summed E-state index contributed by atoms with van der Waals surface area (Å²) in [5, 5.41) is 0. The molecule has 0 aromatic heterocycles. The maximum absolute atomic E-state index is 11.1. The van der Waals surface area contributed by atoms with E-state index < -0.39 is 58.6 Å². The second kappa shape index (κ2) is 6.77. The summed E-state index contributed by atoms with van der Waals surface area (Å²) < 4.78 is 0. The Balaban J connectivity index is 3.16. The fourth-order valence-electron chi connectivity index (χ4n) is 0.880. The van der Waals surface area contributed by atoms with Crippen molar-refractivity contribution in [3.05, 3.63) is 0 Å². The zero-order chi connectivity index (χ0) is 18.6. The Bertz CT molecular complexity index is 628. The van der Waals surface area contributed by atoms with Gasteiger partial charge in [-0.25, -0.2) is 38.7 Å². The Kier molecular flexibility index (Phi) is 5.07. The number of Topliss-reactive ketones (excluding diaryl/α,β-unsaturated/α-hetero) is 6. The number of hydrogen-bond donors (Lipinski definition) is 0. The highest BCUT2D eigenvalue weighted by Gasteiger charge is 2.41. The van der Waals surface area contributed by atoms with E-state index in [1.807, 2.05) is 0 Å². The molecule has 0 amide bonds. The smallest absolute Gasteiger partial charge is 0.281 e.